The SMILES string of the molecule is Cc1cccnc1-c1noc(-c2cc(C#N)cn2C)n1. The molecular weight excluding hydrogens is 254 g/mol. The molecule has 0 N–H and O–H groups in total. The van der Waals surface area contributed by atoms with E-state index in [9.17, 15) is 0 Å². The first kappa shape index (κ1) is 12.1. The van der Waals surface area contributed by atoms with E-state index in [0.29, 0.717) is 28.7 Å². The Morgan fingerprint density at radius 3 is 2.95 bits per heavy atom. The largest absolute Gasteiger partial charge is 0.345 e. The molecule has 6 heteroatoms. The van der Waals surface area contributed by atoms with Crippen LogP contribution in [0.3, 0.4) is 0 Å². The van der Waals surface area contributed by atoms with Gasteiger partial charge in [-0.05, 0) is 24.6 Å². The zero-order valence-corrected chi connectivity index (χ0v) is 11.0. The molecule has 0 aliphatic carbocycles. The van der Waals surface area contributed by atoms with E-state index in [1.54, 1.807) is 23.0 Å². The molecule has 3 rings (SSSR count). The summed E-state index contributed by atoms with van der Waals surface area (Å²) in [6.45, 7) is 1.94. The highest BCUT2D eigenvalue weighted by Gasteiger charge is 2.16. The van der Waals surface area contributed by atoms with Crippen molar-refractivity contribution >= 4 is 0 Å². The number of aryl methyl sites for hydroxylation is 2. The Hall–Kier alpha value is -2.94. The number of hydrogen-bond donors (Lipinski definition) is 0. The van der Waals surface area contributed by atoms with Gasteiger partial charge in [-0.15, -0.1) is 0 Å². The smallest absolute Gasteiger partial charge is 0.274 e. The molecule has 0 unspecified atom stereocenters. The Bertz CT molecular complexity index is 809. The van der Waals surface area contributed by atoms with Crippen molar-refractivity contribution in [3.05, 3.63) is 41.7 Å². The van der Waals surface area contributed by atoms with Crippen LogP contribution in [0.5, 0.6) is 0 Å². The molecule has 0 fully saturated rings. The fourth-order valence-corrected chi connectivity index (χ4v) is 1.98. The minimum absolute atomic E-state index is 0.369. The predicted molar refractivity (Wildman–Crippen MR) is 71.4 cm³/mol. The van der Waals surface area contributed by atoms with Crippen molar-refractivity contribution in [1.29, 1.82) is 5.26 Å². The molecule has 98 valence electrons. The van der Waals surface area contributed by atoms with Crippen LogP contribution in [0, 0.1) is 18.3 Å². The van der Waals surface area contributed by atoms with Gasteiger partial charge >= 0.3 is 0 Å². The fraction of sp³-hybridized carbons (Fsp3) is 0.143. The van der Waals surface area contributed by atoms with Crippen LogP contribution < -0.4 is 0 Å². The molecule has 0 aromatic carbocycles. The quantitative estimate of drug-likeness (QED) is 0.710. The standard InChI is InChI=1S/C14H11N5O/c1-9-4-3-5-16-12(9)13-17-14(20-18-13)11-6-10(7-15)8-19(11)2/h3-6,8H,1-2H3. The molecular formula is C14H11N5O. The van der Waals surface area contributed by atoms with E-state index in [-0.39, 0.29) is 0 Å². The molecule has 0 bridgehead atoms. The van der Waals surface area contributed by atoms with Crippen molar-refractivity contribution in [3.8, 4) is 29.2 Å². The second-order valence-corrected chi connectivity index (χ2v) is 4.43. The topological polar surface area (TPSA) is 80.5 Å². The summed E-state index contributed by atoms with van der Waals surface area (Å²) in [6.07, 6.45) is 3.40. The van der Waals surface area contributed by atoms with Gasteiger partial charge in [0.1, 0.15) is 17.5 Å². The Morgan fingerprint density at radius 1 is 1.40 bits per heavy atom. The van der Waals surface area contributed by atoms with Gasteiger partial charge in [0.05, 0.1) is 5.56 Å². The lowest BCUT2D eigenvalue weighted by Crippen LogP contribution is -1.91. The summed E-state index contributed by atoms with van der Waals surface area (Å²) in [5.74, 6) is 0.812. The Kier molecular flexibility index (Phi) is 2.80. The molecule has 0 atom stereocenters. The average Bonchev–Trinajstić information content (AvgIpc) is 3.05. The molecule has 0 aliphatic rings. The summed E-state index contributed by atoms with van der Waals surface area (Å²) in [5, 5.41) is 12.9. The van der Waals surface area contributed by atoms with Crippen molar-refractivity contribution in [3.63, 3.8) is 0 Å². The van der Waals surface area contributed by atoms with Crippen LogP contribution in [-0.2, 0) is 7.05 Å². The molecule has 0 saturated heterocycles. The van der Waals surface area contributed by atoms with Gasteiger partial charge in [-0.25, -0.2) is 0 Å². The summed E-state index contributed by atoms with van der Waals surface area (Å²) < 4.78 is 7.05. The van der Waals surface area contributed by atoms with Gasteiger partial charge in [-0.1, -0.05) is 11.2 Å². The van der Waals surface area contributed by atoms with Crippen LogP contribution in [0.25, 0.3) is 23.1 Å². The first-order valence-electron chi connectivity index (χ1n) is 6.01. The van der Waals surface area contributed by atoms with Crippen LogP contribution in [0.15, 0.2) is 35.1 Å². The van der Waals surface area contributed by atoms with Gasteiger partial charge < -0.3 is 9.09 Å². The maximum atomic E-state index is 8.90. The zero-order chi connectivity index (χ0) is 14.1. The van der Waals surface area contributed by atoms with Crippen molar-refractivity contribution in [2.24, 2.45) is 7.05 Å². The molecule has 3 aromatic heterocycles. The van der Waals surface area contributed by atoms with E-state index in [4.69, 9.17) is 9.78 Å². The number of nitriles is 1. The van der Waals surface area contributed by atoms with Crippen LogP contribution in [-0.4, -0.2) is 19.7 Å². The Labute approximate surface area is 115 Å². The Balaban J connectivity index is 2.05. The minimum atomic E-state index is 0.369. The third-order valence-corrected chi connectivity index (χ3v) is 3.00. The van der Waals surface area contributed by atoms with E-state index < -0.39 is 0 Å². The number of rotatable bonds is 2. The van der Waals surface area contributed by atoms with Crippen LogP contribution in [0.1, 0.15) is 11.1 Å². The van der Waals surface area contributed by atoms with Crippen molar-refractivity contribution < 1.29 is 4.52 Å². The van der Waals surface area contributed by atoms with Crippen molar-refractivity contribution in [2.75, 3.05) is 0 Å². The molecule has 0 saturated carbocycles. The zero-order valence-electron chi connectivity index (χ0n) is 11.0. The second kappa shape index (κ2) is 4.63. The van der Waals surface area contributed by atoms with Crippen LogP contribution in [0.2, 0.25) is 0 Å². The van der Waals surface area contributed by atoms with Crippen LogP contribution >= 0.6 is 0 Å². The summed E-state index contributed by atoms with van der Waals surface area (Å²) in [5.41, 5.74) is 2.92. The van der Waals surface area contributed by atoms with Gasteiger partial charge in [0.25, 0.3) is 5.89 Å². The monoisotopic (exact) mass is 265 g/mol. The predicted octanol–water partition coefficient (Wildman–Crippen LogP) is 2.32. The normalized spacial score (nSPS) is 10.4. The van der Waals surface area contributed by atoms with Gasteiger partial charge in [-0.3, -0.25) is 4.98 Å². The number of hydrogen-bond acceptors (Lipinski definition) is 5. The van der Waals surface area contributed by atoms with E-state index >= 15 is 0 Å². The summed E-state index contributed by atoms with van der Waals surface area (Å²) in [4.78, 5) is 8.60. The highest BCUT2D eigenvalue weighted by Crippen LogP contribution is 2.23. The average molecular weight is 265 g/mol. The molecule has 0 amide bonds. The van der Waals surface area contributed by atoms with Gasteiger partial charge in [0.2, 0.25) is 5.82 Å². The highest BCUT2D eigenvalue weighted by molar-refractivity contribution is 5.58. The molecule has 0 radical (unpaired) electrons. The first-order valence-corrected chi connectivity index (χ1v) is 6.01. The summed E-state index contributed by atoms with van der Waals surface area (Å²) in [6, 6.07) is 7.59. The number of pyridine rings is 1. The highest BCUT2D eigenvalue weighted by atomic mass is 16.5. The third-order valence-electron chi connectivity index (χ3n) is 3.00. The van der Waals surface area contributed by atoms with Crippen molar-refractivity contribution in [1.82, 2.24) is 19.7 Å². The molecule has 3 heterocycles. The third kappa shape index (κ3) is 1.95. The summed E-state index contributed by atoms with van der Waals surface area (Å²) in [7, 11) is 1.83. The molecule has 0 spiro atoms. The van der Waals surface area contributed by atoms with Gasteiger partial charge in [0, 0.05) is 19.4 Å². The fourth-order valence-electron chi connectivity index (χ4n) is 1.98. The lowest BCUT2D eigenvalue weighted by molar-refractivity contribution is 0.429. The van der Waals surface area contributed by atoms with Gasteiger partial charge in [0.15, 0.2) is 0 Å². The van der Waals surface area contributed by atoms with E-state index in [1.807, 2.05) is 26.1 Å². The molecule has 3 aromatic rings. The Morgan fingerprint density at radius 2 is 2.25 bits per heavy atom. The second-order valence-electron chi connectivity index (χ2n) is 4.43. The van der Waals surface area contributed by atoms with E-state index in [0.717, 1.165) is 5.56 Å². The summed E-state index contributed by atoms with van der Waals surface area (Å²) >= 11 is 0. The van der Waals surface area contributed by atoms with Crippen molar-refractivity contribution in [2.45, 2.75) is 6.92 Å². The number of aromatic nitrogens is 4. The minimum Gasteiger partial charge on any atom is -0.345 e. The van der Waals surface area contributed by atoms with E-state index in [1.165, 1.54) is 0 Å². The molecule has 0 aliphatic heterocycles. The first-order chi connectivity index (χ1) is 9.69. The van der Waals surface area contributed by atoms with Gasteiger partial charge in [-0.2, -0.15) is 10.2 Å². The maximum absolute atomic E-state index is 8.90. The lowest BCUT2D eigenvalue weighted by Gasteiger charge is -1.97. The maximum Gasteiger partial charge on any atom is 0.274 e. The molecule has 20 heavy (non-hydrogen) atoms. The lowest BCUT2D eigenvalue weighted by atomic mass is 10.2. The van der Waals surface area contributed by atoms with E-state index in [2.05, 4.69) is 21.2 Å². The van der Waals surface area contributed by atoms with Crippen LogP contribution in [0.4, 0.5) is 0 Å². The number of nitrogens with zero attached hydrogens (tertiary/aromatic N) is 5. The molecule has 6 nitrogen and oxygen atoms in total.